The lowest BCUT2D eigenvalue weighted by Gasteiger charge is -2.35. The number of carbonyl (C=O) groups is 7. The maximum absolute atomic E-state index is 14.2. The molecule has 2 rings (SSSR count). The molecule has 1 aliphatic rings. The molecular formula is C38H59N5O9. The predicted octanol–water partition coefficient (Wildman–Crippen LogP) is 3.37. The third-order valence-corrected chi connectivity index (χ3v) is 8.25. The molecule has 1 unspecified atom stereocenters. The highest BCUT2D eigenvalue weighted by Gasteiger charge is 2.47. The molecule has 1 aliphatic heterocycles. The summed E-state index contributed by atoms with van der Waals surface area (Å²) in [5, 5.41) is 10.3. The van der Waals surface area contributed by atoms with Gasteiger partial charge in [0.05, 0.1) is 30.9 Å². The molecule has 0 aliphatic carbocycles. The van der Waals surface area contributed by atoms with Crippen LogP contribution in [0.1, 0.15) is 107 Å². The molecule has 0 aromatic heterocycles. The van der Waals surface area contributed by atoms with Crippen molar-refractivity contribution in [3.05, 3.63) is 35.9 Å². The van der Waals surface area contributed by atoms with Crippen molar-refractivity contribution in [3.8, 4) is 0 Å². The Balaban J connectivity index is 2.25. The zero-order valence-corrected chi connectivity index (χ0v) is 32.4. The lowest BCUT2D eigenvalue weighted by Crippen LogP contribution is -2.59. The van der Waals surface area contributed by atoms with Crippen LogP contribution in [0.5, 0.6) is 0 Å². The lowest BCUT2D eigenvalue weighted by molar-refractivity contribution is -0.144. The summed E-state index contributed by atoms with van der Waals surface area (Å²) in [6.07, 6.45) is 0.123. The normalized spacial score (nSPS) is 17.8. The summed E-state index contributed by atoms with van der Waals surface area (Å²) in [6.45, 7) is 17.6. The third-order valence-electron chi connectivity index (χ3n) is 8.25. The molecule has 0 spiro atoms. The number of hydrogen-bond acceptors (Lipinski definition) is 9. The molecule has 1 aromatic rings. The summed E-state index contributed by atoms with van der Waals surface area (Å²) >= 11 is 0. The Morgan fingerprint density at radius 3 is 2.10 bits per heavy atom. The first-order chi connectivity index (χ1) is 24.1. The summed E-state index contributed by atoms with van der Waals surface area (Å²) in [7, 11) is 0. The Hall–Kier alpha value is -4.33. The second-order valence-corrected chi connectivity index (χ2v) is 15.8. The molecule has 0 radical (unpaired) electrons. The molecule has 14 nitrogen and oxygen atoms in total. The molecule has 0 bridgehead atoms. The fourth-order valence-corrected chi connectivity index (χ4v) is 5.72. The van der Waals surface area contributed by atoms with Crippen molar-refractivity contribution in [2.24, 2.45) is 11.3 Å². The lowest BCUT2D eigenvalue weighted by atomic mass is 9.85. The maximum Gasteiger partial charge on any atom is 0.407 e. The first-order valence-corrected chi connectivity index (χ1v) is 18.0. The van der Waals surface area contributed by atoms with Crippen molar-refractivity contribution in [3.63, 3.8) is 0 Å². The highest BCUT2D eigenvalue weighted by Crippen LogP contribution is 2.29. The van der Waals surface area contributed by atoms with E-state index in [-0.39, 0.29) is 37.7 Å². The van der Waals surface area contributed by atoms with Crippen LogP contribution in [0.4, 0.5) is 4.79 Å². The standard InChI is InChI=1S/C38H59N5O9/c1-11-12-18-27(31(46)34(48)39-20-29(45)41-30(24(4)44)25-16-14-13-15-17-25)40-33(47)28-19-26(52-38(8,9)10)21-43(28)35(49)32(37(5,6)7)42-36(50)51-22-23(2)3/h13-17,23,26-28,30,32H,11-12,18-22H2,1-10H3,(H,39,48)(H,40,47)(H,41,45)(H,42,50)/t26-,27?,28+,30-,32-/m1/s1. The van der Waals surface area contributed by atoms with Crippen molar-refractivity contribution in [1.82, 2.24) is 26.2 Å². The van der Waals surface area contributed by atoms with Crippen molar-refractivity contribution in [2.75, 3.05) is 19.7 Å². The molecule has 14 heteroatoms. The van der Waals surface area contributed by atoms with Gasteiger partial charge in [0.25, 0.3) is 5.91 Å². The number of benzene rings is 1. The van der Waals surface area contributed by atoms with Gasteiger partial charge in [-0.15, -0.1) is 0 Å². The largest absolute Gasteiger partial charge is 0.449 e. The Morgan fingerprint density at radius 1 is 0.923 bits per heavy atom. The first-order valence-electron chi connectivity index (χ1n) is 18.0. The molecule has 5 amide bonds. The van der Waals surface area contributed by atoms with Crippen LogP contribution in [0.2, 0.25) is 0 Å². The zero-order chi connectivity index (χ0) is 39.4. The van der Waals surface area contributed by atoms with E-state index < -0.39 is 83.3 Å². The highest BCUT2D eigenvalue weighted by atomic mass is 16.5. The number of nitrogens with one attached hydrogen (secondary N) is 4. The van der Waals surface area contributed by atoms with Crippen molar-refractivity contribution in [1.29, 1.82) is 0 Å². The van der Waals surface area contributed by atoms with Gasteiger partial charge in [-0.2, -0.15) is 0 Å². The van der Waals surface area contributed by atoms with Crippen LogP contribution < -0.4 is 21.3 Å². The molecule has 52 heavy (non-hydrogen) atoms. The molecule has 1 saturated heterocycles. The second kappa shape index (κ2) is 19.5. The monoisotopic (exact) mass is 729 g/mol. The molecule has 1 fully saturated rings. The van der Waals surface area contributed by atoms with Gasteiger partial charge in [-0.1, -0.05) is 84.7 Å². The van der Waals surface area contributed by atoms with Crippen molar-refractivity contribution >= 4 is 41.3 Å². The van der Waals surface area contributed by atoms with Gasteiger partial charge in [0.1, 0.15) is 18.1 Å². The molecule has 0 saturated carbocycles. The number of nitrogens with zero attached hydrogens (tertiary/aromatic N) is 1. The number of hydrogen-bond donors (Lipinski definition) is 4. The van der Waals surface area contributed by atoms with E-state index in [1.165, 1.54) is 11.8 Å². The van der Waals surface area contributed by atoms with E-state index in [1.54, 1.807) is 51.1 Å². The molecule has 290 valence electrons. The van der Waals surface area contributed by atoms with Gasteiger partial charge in [-0.3, -0.25) is 28.8 Å². The maximum atomic E-state index is 14.2. The topological polar surface area (TPSA) is 189 Å². The number of alkyl carbamates (subject to hydrolysis) is 1. The fraction of sp³-hybridized carbons (Fsp3) is 0.658. The number of amides is 5. The number of Topliss-reactive ketones (excluding diaryl/α,β-unsaturated/α-hetero) is 2. The van der Waals surface area contributed by atoms with Gasteiger partial charge in [-0.05, 0) is 51.0 Å². The summed E-state index contributed by atoms with van der Waals surface area (Å²) < 4.78 is 11.5. The van der Waals surface area contributed by atoms with E-state index in [2.05, 4.69) is 21.3 Å². The average Bonchev–Trinajstić information content (AvgIpc) is 3.47. The molecule has 5 atom stereocenters. The zero-order valence-electron chi connectivity index (χ0n) is 32.4. The van der Waals surface area contributed by atoms with E-state index in [0.717, 1.165) is 0 Å². The number of ketones is 2. The van der Waals surface area contributed by atoms with Crippen LogP contribution in [-0.2, 0) is 38.2 Å². The Morgan fingerprint density at radius 2 is 1.56 bits per heavy atom. The van der Waals surface area contributed by atoms with Crippen LogP contribution in [0.15, 0.2) is 30.3 Å². The summed E-state index contributed by atoms with van der Waals surface area (Å²) in [4.78, 5) is 93.6. The van der Waals surface area contributed by atoms with Crippen LogP contribution >= 0.6 is 0 Å². The van der Waals surface area contributed by atoms with Crippen LogP contribution in [0, 0.1) is 11.3 Å². The summed E-state index contributed by atoms with van der Waals surface area (Å²) in [5.74, 6) is -4.13. The van der Waals surface area contributed by atoms with Gasteiger partial charge in [0, 0.05) is 13.0 Å². The first kappa shape index (κ1) is 43.8. The molecule has 4 N–H and O–H groups in total. The van der Waals surface area contributed by atoms with Gasteiger partial charge >= 0.3 is 6.09 Å². The van der Waals surface area contributed by atoms with Crippen LogP contribution in [-0.4, -0.2) is 95.7 Å². The van der Waals surface area contributed by atoms with Gasteiger partial charge in [0.2, 0.25) is 23.5 Å². The van der Waals surface area contributed by atoms with E-state index in [4.69, 9.17) is 9.47 Å². The minimum atomic E-state index is -1.24. The molecule has 1 heterocycles. The minimum Gasteiger partial charge on any atom is -0.449 e. The summed E-state index contributed by atoms with van der Waals surface area (Å²) in [6, 6.07) is 4.29. The summed E-state index contributed by atoms with van der Waals surface area (Å²) in [5.41, 5.74) is -0.797. The van der Waals surface area contributed by atoms with E-state index in [9.17, 15) is 33.6 Å². The van der Waals surface area contributed by atoms with Gasteiger partial charge in [0.15, 0.2) is 5.78 Å². The van der Waals surface area contributed by atoms with E-state index in [1.807, 2.05) is 41.5 Å². The Bertz CT molecular complexity index is 1420. The second-order valence-electron chi connectivity index (χ2n) is 15.8. The van der Waals surface area contributed by atoms with Crippen LogP contribution in [0.3, 0.4) is 0 Å². The van der Waals surface area contributed by atoms with Gasteiger partial charge < -0.3 is 35.6 Å². The fourth-order valence-electron chi connectivity index (χ4n) is 5.72. The van der Waals surface area contributed by atoms with Crippen molar-refractivity contribution in [2.45, 2.75) is 131 Å². The van der Waals surface area contributed by atoms with E-state index >= 15 is 0 Å². The number of unbranched alkanes of at least 4 members (excludes halogenated alkanes) is 1. The predicted molar refractivity (Wildman–Crippen MR) is 195 cm³/mol. The third kappa shape index (κ3) is 14.0. The quantitative estimate of drug-likeness (QED) is 0.174. The van der Waals surface area contributed by atoms with Gasteiger partial charge in [-0.25, -0.2) is 4.79 Å². The Kier molecular flexibility index (Phi) is 16.4. The molecular weight excluding hydrogens is 670 g/mol. The van der Waals surface area contributed by atoms with Crippen LogP contribution in [0.25, 0.3) is 0 Å². The number of carbonyl (C=O) groups excluding carboxylic acids is 7. The number of rotatable bonds is 17. The average molecular weight is 730 g/mol. The van der Waals surface area contributed by atoms with Crippen molar-refractivity contribution < 1.29 is 43.0 Å². The van der Waals surface area contributed by atoms with E-state index in [0.29, 0.717) is 18.4 Å². The smallest absolute Gasteiger partial charge is 0.407 e. The highest BCUT2D eigenvalue weighted by molar-refractivity contribution is 6.38. The Labute approximate surface area is 307 Å². The number of ether oxygens (including phenoxy) is 2. The SMILES string of the molecule is CCCCC(NC(=O)[C@@H]1C[C@@H](OC(C)(C)C)CN1C(=O)[C@@H](NC(=O)OCC(C)C)C(C)(C)C)C(=O)C(=O)NCC(=O)N[C@H](C(C)=O)c1ccccc1. The molecule has 1 aromatic carbocycles. The minimum absolute atomic E-state index is 0.0525. The number of likely N-dealkylation sites (tertiary alicyclic amines) is 1.